The molecule has 1 aliphatic heterocycles. The van der Waals surface area contributed by atoms with E-state index in [0.717, 1.165) is 24.2 Å². The average molecular weight is 345 g/mol. The minimum absolute atomic E-state index is 0.0985. The molecular weight excluding hydrogens is 322 g/mol. The molecule has 0 unspecified atom stereocenters. The number of nitrogens with one attached hydrogen (secondary N) is 1. The summed E-state index contributed by atoms with van der Waals surface area (Å²) < 4.78 is 6.46. The molecule has 2 aromatic heterocycles. The first-order valence-corrected chi connectivity index (χ1v) is 8.60. The Labute approximate surface area is 145 Å². The quantitative estimate of drug-likeness (QED) is 0.879. The molecule has 0 spiro atoms. The van der Waals surface area contributed by atoms with Crippen LogP contribution in [0.15, 0.2) is 21.5 Å². The fraction of sp³-hybridized carbons (Fsp3) is 0.529. The monoisotopic (exact) mass is 345 g/mol. The molecule has 25 heavy (non-hydrogen) atoms. The number of hydrogen-bond acceptors (Lipinski definition) is 6. The van der Waals surface area contributed by atoms with Crippen molar-refractivity contribution in [3.8, 4) is 0 Å². The van der Waals surface area contributed by atoms with E-state index in [1.807, 2.05) is 13.8 Å². The number of carbonyl (C=O) groups excluding carboxylic acids is 1. The molecule has 134 valence electrons. The summed E-state index contributed by atoms with van der Waals surface area (Å²) in [5.41, 5.74) is 1.75. The van der Waals surface area contributed by atoms with Gasteiger partial charge in [0.2, 0.25) is 5.91 Å². The predicted molar refractivity (Wildman–Crippen MR) is 92.2 cm³/mol. The van der Waals surface area contributed by atoms with Gasteiger partial charge in [0.15, 0.2) is 5.82 Å². The van der Waals surface area contributed by atoms with Crippen molar-refractivity contribution in [2.45, 2.75) is 52.7 Å². The van der Waals surface area contributed by atoms with Crippen molar-refractivity contribution in [2.24, 2.45) is 0 Å². The predicted octanol–water partition coefficient (Wildman–Crippen LogP) is 1.34. The van der Waals surface area contributed by atoms with E-state index in [2.05, 4.69) is 20.5 Å². The van der Waals surface area contributed by atoms with Gasteiger partial charge in [-0.05, 0) is 25.8 Å². The normalized spacial score (nSPS) is 15.6. The molecule has 0 aromatic carbocycles. The van der Waals surface area contributed by atoms with Crippen molar-refractivity contribution >= 4 is 11.7 Å². The first-order valence-electron chi connectivity index (χ1n) is 8.60. The van der Waals surface area contributed by atoms with Gasteiger partial charge < -0.3 is 9.84 Å². The van der Waals surface area contributed by atoms with Crippen LogP contribution in [0.3, 0.4) is 0 Å². The Morgan fingerprint density at radius 3 is 2.84 bits per heavy atom. The molecule has 0 fully saturated rings. The summed E-state index contributed by atoms with van der Waals surface area (Å²) >= 11 is 0. The molecule has 1 aliphatic rings. The summed E-state index contributed by atoms with van der Waals surface area (Å²) in [6.45, 7) is 7.49. The van der Waals surface area contributed by atoms with Gasteiger partial charge in [0.25, 0.3) is 5.56 Å². The molecule has 0 bridgehead atoms. The molecule has 1 atom stereocenters. The van der Waals surface area contributed by atoms with Crippen molar-refractivity contribution in [3.63, 3.8) is 0 Å². The molecule has 3 heterocycles. The fourth-order valence-corrected chi connectivity index (χ4v) is 3.20. The van der Waals surface area contributed by atoms with Crippen LogP contribution in [0.1, 0.15) is 37.3 Å². The third-order valence-electron chi connectivity index (χ3n) is 4.48. The van der Waals surface area contributed by atoms with Crippen LogP contribution in [-0.4, -0.2) is 38.3 Å². The lowest BCUT2D eigenvalue weighted by Gasteiger charge is -2.33. The lowest BCUT2D eigenvalue weighted by atomic mass is 10.0. The van der Waals surface area contributed by atoms with Crippen LogP contribution < -0.4 is 10.9 Å². The van der Waals surface area contributed by atoms with Crippen LogP contribution in [0.2, 0.25) is 0 Å². The van der Waals surface area contributed by atoms with Crippen LogP contribution in [0.5, 0.6) is 0 Å². The molecule has 2 aromatic rings. The zero-order valence-corrected chi connectivity index (χ0v) is 14.8. The Balaban J connectivity index is 1.75. The Bertz CT molecular complexity index is 826. The highest BCUT2D eigenvalue weighted by Crippen LogP contribution is 2.20. The lowest BCUT2D eigenvalue weighted by molar-refractivity contribution is -0.121. The van der Waals surface area contributed by atoms with Crippen molar-refractivity contribution in [1.29, 1.82) is 0 Å². The maximum atomic E-state index is 12.6. The first-order chi connectivity index (χ1) is 12.0. The van der Waals surface area contributed by atoms with Gasteiger partial charge in [0.05, 0.1) is 11.7 Å². The van der Waals surface area contributed by atoms with Crippen molar-refractivity contribution in [3.05, 3.63) is 39.5 Å². The zero-order valence-electron chi connectivity index (χ0n) is 14.8. The minimum atomic E-state index is -0.293. The molecule has 0 saturated heterocycles. The second-order valence-electron chi connectivity index (χ2n) is 6.23. The summed E-state index contributed by atoms with van der Waals surface area (Å²) in [6.07, 6.45) is 1.39. The summed E-state index contributed by atoms with van der Waals surface area (Å²) in [7, 11) is 0. The Kier molecular flexibility index (Phi) is 4.98. The van der Waals surface area contributed by atoms with E-state index in [9.17, 15) is 9.59 Å². The van der Waals surface area contributed by atoms with Gasteiger partial charge in [0.1, 0.15) is 5.76 Å². The Morgan fingerprint density at radius 1 is 1.40 bits per heavy atom. The second-order valence-corrected chi connectivity index (χ2v) is 6.23. The van der Waals surface area contributed by atoms with E-state index in [1.165, 1.54) is 4.68 Å². The van der Waals surface area contributed by atoms with Gasteiger partial charge in [-0.15, -0.1) is 0 Å². The highest BCUT2D eigenvalue weighted by Gasteiger charge is 2.29. The standard InChI is InChI=1S/C17H23N5O3/c1-4-14(17(24)18-15-8-11(3)25-20-15)21-7-6-13-12(10-21)9-16(23)22(5-2)19-13/h8-9,14H,4-7,10H2,1-3H3,(H,18,20,24)/t14-/m1/s1. The number of hydrogen-bond donors (Lipinski definition) is 1. The SMILES string of the molecule is CC[C@H](C(=O)Nc1cc(C)on1)N1CCc2nn(CC)c(=O)cc2C1. The van der Waals surface area contributed by atoms with Crippen LogP contribution in [0, 0.1) is 6.92 Å². The number of nitrogens with zero attached hydrogens (tertiary/aromatic N) is 4. The Hall–Kier alpha value is -2.48. The first kappa shape index (κ1) is 17.3. The van der Waals surface area contributed by atoms with E-state index in [1.54, 1.807) is 19.1 Å². The third kappa shape index (κ3) is 3.63. The second kappa shape index (κ2) is 7.18. The van der Waals surface area contributed by atoms with Crippen LogP contribution in [0.4, 0.5) is 5.82 Å². The van der Waals surface area contributed by atoms with Gasteiger partial charge >= 0.3 is 0 Å². The average Bonchev–Trinajstić information content (AvgIpc) is 2.99. The number of aryl methyl sites for hydroxylation is 2. The molecular formula is C17H23N5O3. The van der Waals surface area contributed by atoms with Gasteiger partial charge in [-0.2, -0.15) is 5.10 Å². The fourth-order valence-electron chi connectivity index (χ4n) is 3.20. The van der Waals surface area contributed by atoms with E-state index >= 15 is 0 Å². The van der Waals surface area contributed by atoms with Crippen LogP contribution in [-0.2, 0) is 24.3 Å². The Morgan fingerprint density at radius 2 is 2.20 bits per heavy atom. The maximum absolute atomic E-state index is 12.6. The third-order valence-corrected chi connectivity index (χ3v) is 4.48. The minimum Gasteiger partial charge on any atom is -0.360 e. The zero-order chi connectivity index (χ0) is 18.0. The molecule has 1 N–H and O–H groups in total. The number of anilines is 1. The number of rotatable bonds is 5. The van der Waals surface area contributed by atoms with E-state index in [4.69, 9.17) is 4.52 Å². The number of amides is 1. The summed E-state index contributed by atoms with van der Waals surface area (Å²) in [4.78, 5) is 26.7. The molecule has 3 rings (SSSR count). The van der Waals surface area contributed by atoms with E-state index in [-0.39, 0.29) is 17.5 Å². The molecule has 8 heteroatoms. The van der Waals surface area contributed by atoms with E-state index < -0.39 is 0 Å². The summed E-state index contributed by atoms with van der Waals surface area (Å²) in [6, 6.07) is 3.04. The molecule has 0 aliphatic carbocycles. The number of carbonyl (C=O) groups is 1. The highest BCUT2D eigenvalue weighted by molar-refractivity contribution is 5.94. The summed E-state index contributed by atoms with van der Waals surface area (Å²) in [5, 5.41) is 11.0. The smallest absolute Gasteiger partial charge is 0.267 e. The van der Waals surface area contributed by atoms with Gasteiger partial charge in [0, 0.05) is 38.2 Å². The number of aromatic nitrogens is 3. The molecule has 0 radical (unpaired) electrons. The van der Waals surface area contributed by atoms with Gasteiger partial charge in [-0.3, -0.25) is 14.5 Å². The highest BCUT2D eigenvalue weighted by atomic mass is 16.5. The largest absolute Gasteiger partial charge is 0.360 e. The van der Waals surface area contributed by atoms with Gasteiger partial charge in [-0.1, -0.05) is 12.1 Å². The molecule has 1 amide bonds. The molecule has 8 nitrogen and oxygen atoms in total. The van der Waals surface area contributed by atoms with Crippen molar-refractivity contribution in [2.75, 3.05) is 11.9 Å². The van der Waals surface area contributed by atoms with Crippen LogP contribution in [0.25, 0.3) is 0 Å². The summed E-state index contributed by atoms with van der Waals surface area (Å²) in [5.74, 6) is 0.952. The van der Waals surface area contributed by atoms with Crippen molar-refractivity contribution in [1.82, 2.24) is 19.8 Å². The lowest BCUT2D eigenvalue weighted by Crippen LogP contribution is -2.46. The maximum Gasteiger partial charge on any atom is 0.267 e. The van der Waals surface area contributed by atoms with Crippen LogP contribution >= 0.6 is 0 Å². The number of fused-ring (bicyclic) bond motifs is 1. The topological polar surface area (TPSA) is 93.3 Å². The van der Waals surface area contributed by atoms with E-state index in [0.29, 0.717) is 31.1 Å². The van der Waals surface area contributed by atoms with Gasteiger partial charge in [-0.25, -0.2) is 4.68 Å². The van der Waals surface area contributed by atoms with Crippen molar-refractivity contribution < 1.29 is 9.32 Å². The molecule has 0 saturated carbocycles.